The Morgan fingerprint density at radius 3 is 2.68 bits per heavy atom. The van der Waals surface area contributed by atoms with Gasteiger partial charge in [-0.3, -0.25) is 0 Å². The molecule has 0 radical (unpaired) electrons. The van der Waals surface area contributed by atoms with Crippen LogP contribution in [0.15, 0.2) is 60.9 Å². The third kappa shape index (κ3) is 2.94. The molecule has 0 aliphatic rings. The van der Waals surface area contributed by atoms with Gasteiger partial charge in [0.15, 0.2) is 5.82 Å². The number of hydrogen-bond donors (Lipinski definition) is 2. The van der Waals surface area contributed by atoms with E-state index in [0.29, 0.717) is 5.82 Å². The Morgan fingerprint density at radius 1 is 1.08 bits per heavy atom. The molecule has 5 heteroatoms. The fourth-order valence-electron chi connectivity index (χ4n) is 3.22. The lowest BCUT2D eigenvalue weighted by Crippen LogP contribution is -2.23. The Hall–Kier alpha value is -2.92. The van der Waals surface area contributed by atoms with Gasteiger partial charge in [-0.2, -0.15) is 0 Å². The monoisotopic (exact) mass is 331 g/mol. The second kappa shape index (κ2) is 6.53. The highest BCUT2D eigenvalue weighted by molar-refractivity contribution is 6.06. The van der Waals surface area contributed by atoms with Crippen LogP contribution in [0.1, 0.15) is 18.5 Å². The lowest BCUT2D eigenvalue weighted by Gasteiger charge is -2.16. The third-order valence-corrected chi connectivity index (χ3v) is 4.52. The van der Waals surface area contributed by atoms with Gasteiger partial charge in [-0.15, -0.1) is 0 Å². The van der Waals surface area contributed by atoms with E-state index in [2.05, 4.69) is 57.1 Å². The molecule has 2 heterocycles. The first-order valence-corrected chi connectivity index (χ1v) is 8.49. The van der Waals surface area contributed by atoms with Crippen molar-refractivity contribution in [1.29, 1.82) is 0 Å². The molecule has 0 bridgehead atoms. The zero-order valence-corrected chi connectivity index (χ0v) is 14.2. The normalized spacial score (nSPS) is 12.7. The molecule has 25 heavy (non-hydrogen) atoms. The van der Waals surface area contributed by atoms with Crippen molar-refractivity contribution in [1.82, 2.24) is 19.9 Å². The van der Waals surface area contributed by atoms with Crippen LogP contribution in [-0.2, 0) is 6.54 Å². The molecule has 2 aromatic heterocycles. The molecule has 0 spiro atoms. The van der Waals surface area contributed by atoms with Gasteiger partial charge in [-0.05, 0) is 18.6 Å². The maximum Gasteiger partial charge on any atom is 0.152 e. The molecule has 1 atom stereocenters. The molecule has 126 valence electrons. The summed E-state index contributed by atoms with van der Waals surface area (Å²) in [6.45, 7) is 3.88. The second-order valence-electron chi connectivity index (χ2n) is 6.33. The summed E-state index contributed by atoms with van der Waals surface area (Å²) < 4.78 is 2.19. The number of nitrogen functional groups attached to an aromatic ring is 1. The van der Waals surface area contributed by atoms with E-state index in [1.165, 1.54) is 5.56 Å². The zero-order chi connectivity index (χ0) is 17.2. The largest absolute Gasteiger partial charge is 0.382 e. The number of aromatic nitrogens is 3. The van der Waals surface area contributed by atoms with E-state index in [1.807, 2.05) is 30.6 Å². The summed E-state index contributed by atoms with van der Waals surface area (Å²) in [5.41, 5.74) is 10.1. The highest BCUT2D eigenvalue weighted by Crippen LogP contribution is 2.28. The molecule has 3 N–H and O–H groups in total. The Labute approximate surface area is 146 Å². The van der Waals surface area contributed by atoms with E-state index in [4.69, 9.17) is 5.73 Å². The predicted molar refractivity (Wildman–Crippen MR) is 102 cm³/mol. The first-order chi connectivity index (χ1) is 12.2. The number of para-hydroxylation sites is 1. The molecule has 0 saturated heterocycles. The number of anilines is 1. The minimum Gasteiger partial charge on any atom is -0.382 e. The van der Waals surface area contributed by atoms with Crippen LogP contribution < -0.4 is 11.1 Å². The van der Waals surface area contributed by atoms with Gasteiger partial charge >= 0.3 is 0 Å². The molecular formula is C20H21N5. The fourth-order valence-corrected chi connectivity index (χ4v) is 3.22. The summed E-state index contributed by atoms with van der Waals surface area (Å²) in [7, 11) is 0. The van der Waals surface area contributed by atoms with Crippen LogP contribution in [-0.4, -0.2) is 21.1 Å². The van der Waals surface area contributed by atoms with E-state index in [9.17, 15) is 0 Å². The Bertz CT molecular complexity index is 1010. The van der Waals surface area contributed by atoms with E-state index in [-0.39, 0.29) is 6.04 Å². The molecule has 0 aliphatic carbocycles. The number of nitrogens with zero attached hydrogens (tertiary/aromatic N) is 3. The average molecular weight is 331 g/mol. The molecule has 2 aromatic carbocycles. The van der Waals surface area contributed by atoms with Gasteiger partial charge in [0.25, 0.3) is 0 Å². The van der Waals surface area contributed by atoms with Crippen molar-refractivity contribution in [2.24, 2.45) is 0 Å². The van der Waals surface area contributed by atoms with Crippen molar-refractivity contribution >= 4 is 27.8 Å². The lowest BCUT2D eigenvalue weighted by molar-refractivity contribution is 0.503. The molecule has 0 fully saturated rings. The Balaban J connectivity index is 1.62. The van der Waals surface area contributed by atoms with Crippen molar-refractivity contribution in [2.45, 2.75) is 19.5 Å². The van der Waals surface area contributed by atoms with Gasteiger partial charge in [-0.25, -0.2) is 9.97 Å². The molecular weight excluding hydrogens is 310 g/mol. The third-order valence-electron chi connectivity index (χ3n) is 4.52. The minimum absolute atomic E-state index is 0.249. The molecule has 0 saturated carbocycles. The highest BCUT2D eigenvalue weighted by Gasteiger charge is 2.15. The number of hydrogen-bond acceptors (Lipinski definition) is 4. The van der Waals surface area contributed by atoms with Gasteiger partial charge < -0.3 is 15.6 Å². The Kier molecular flexibility index (Phi) is 4.07. The lowest BCUT2D eigenvalue weighted by atomic mass is 10.1. The number of nitrogens with one attached hydrogen (secondary N) is 1. The standard InChI is InChI=1S/C20H21N5/c1-14(11-22-12-15-7-3-2-4-8-15)25-13-23-18-19(25)16-9-5-6-10-17(16)24-20(18)21/h2-10,13-14,22H,11-12H2,1H3,(H2,21,24). The maximum atomic E-state index is 6.11. The topological polar surface area (TPSA) is 68.8 Å². The smallest absolute Gasteiger partial charge is 0.152 e. The SMILES string of the molecule is CC(CNCc1ccccc1)n1cnc2c(N)nc3ccccc3c21. The average Bonchev–Trinajstić information content (AvgIpc) is 3.09. The van der Waals surface area contributed by atoms with Crippen LogP contribution in [0.25, 0.3) is 21.9 Å². The summed E-state index contributed by atoms with van der Waals surface area (Å²) in [6, 6.07) is 18.7. The van der Waals surface area contributed by atoms with Crippen LogP contribution in [0.3, 0.4) is 0 Å². The number of benzene rings is 2. The quantitative estimate of drug-likeness (QED) is 0.587. The number of rotatable bonds is 5. The first kappa shape index (κ1) is 15.6. The van der Waals surface area contributed by atoms with Crippen LogP contribution in [0.2, 0.25) is 0 Å². The summed E-state index contributed by atoms with van der Waals surface area (Å²) >= 11 is 0. The summed E-state index contributed by atoms with van der Waals surface area (Å²) in [6.07, 6.45) is 1.87. The minimum atomic E-state index is 0.249. The van der Waals surface area contributed by atoms with Gasteiger partial charge in [0.05, 0.1) is 17.4 Å². The van der Waals surface area contributed by atoms with Crippen LogP contribution in [0, 0.1) is 0 Å². The molecule has 5 nitrogen and oxygen atoms in total. The van der Waals surface area contributed by atoms with Crippen molar-refractivity contribution in [3.63, 3.8) is 0 Å². The van der Waals surface area contributed by atoms with Crippen LogP contribution in [0.4, 0.5) is 5.82 Å². The van der Waals surface area contributed by atoms with Gasteiger partial charge in [0.2, 0.25) is 0 Å². The van der Waals surface area contributed by atoms with Crippen molar-refractivity contribution in [3.05, 3.63) is 66.5 Å². The molecule has 4 rings (SSSR count). The van der Waals surface area contributed by atoms with Gasteiger partial charge in [0.1, 0.15) is 5.52 Å². The van der Waals surface area contributed by atoms with Crippen LogP contribution in [0.5, 0.6) is 0 Å². The predicted octanol–water partition coefficient (Wildman–Crippen LogP) is 3.52. The summed E-state index contributed by atoms with van der Waals surface area (Å²) in [4.78, 5) is 8.97. The molecule has 4 aromatic rings. The number of imidazole rings is 1. The van der Waals surface area contributed by atoms with Crippen molar-refractivity contribution < 1.29 is 0 Å². The van der Waals surface area contributed by atoms with E-state index >= 15 is 0 Å². The maximum absolute atomic E-state index is 6.11. The first-order valence-electron chi connectivity index (χ1n) is 8.49. The number of pyridine rings is 1. The van der Waals surface area contributed by atoms with Crippen molar-refractivity contribution in [3.8, 4) is 0 Å². The van der Waals surface area contributed by atoms with Crippen molar-refractivity contribution in [2.75, 3.05) is 12.3 Å². The van der Waals surface area contributed by atoms with E-state index < -0.39 is 0 Å². The highest BCUT2D eigenvalue weighted by atomic mass is 15.1. The Morgan fingerprint density at radius 2 is 1.84 bits per heavy atom. The van der Waals surface area contributed by atoms with Gasteiger partial charge in [0, 0.05) is 24.5 Å². The summed E-state index contributed by atoms with van der Waals surface area (Å²) in [5.74, 6) is 0.483. The van der Waals surface area contributed by atoms with Crippen LogP contribution >= 0.6 is 0 Å². The van der Waals surface area contributed by atoms with E-state index in [1.54, 1.807) is 0 Å². The number of fused-ring (bicyclic) bond motifs is 3. The zero-order valence-electron chi connectivity index (χ0n) is 14.2. The second-order valence-corrected chi connectivity index (χ2v) is 6.33. The van der Waals surface area contributed by atoms with Gasteiger partial charge in [-0.1, -0.05) is 48.5 Å². The molecule has 1 unspecified atom stereocenters. The fraction of sp³-hybridized carbons (Fsp3) is 0.200. The molecule has 0 amide bonds. The number of nitrogens with two attached hydrogens (primary N) is 1. The summed E-state index contributed by atoms with van der Waals surface area (Å²) in [5, 5.41) is 4.60. The van der Waals surface area contributed by atoms with E-state index in [0.717, 1.165) is 35.0 Å². The molecule has 0 aliphatic heterocycles.